The summed E-state index contributed by atoms with van der Waals surface area (Å²) in [7, 11) is 1.59. The average Bonchev–Trinajstić information content (AvgIpc) is 2.75. The lowest BCUT2D eigenvalue weighted by molar-refractivity contribution is -0.121. The molecule has 1 aliphatic rings. The smallest absolute Gasteiger partial charge is 0.253 e. The van der Waals surface area contributed by atoms with Crippen LogP contribution in [-0.2, 0) is 9.53 Å². The van der Waals surface area contributed by atoms with Crippen LogP contribution < -0.4 is 10.1 Å². The van der Waals surface area contributed by atoms with Crippen molar-refractivity contribution in [3.05, 3.63) is 53.2 Å². The molecule has 1 atom stereocenters. The van der Waals surface area contributed by atoms with Crippen molar-refractivity contribution in [2.45, 2.75) is 12.8 Å². The number of methoxy groups -OCH3 is 1. The minimum absolute atomic E-state index is 0.0934. The van der Waals surface area contributed by atoms with Gasteiger partial charge in [0.05, 0.1) is 12.5 Å². The van der Waals surface area contributed by atoms with Gasteiger partial charge in [0.2, 0.25) is 11.8 Å². The van der Waals surface area contributed by atoms with E-state index < -0.39 is 0 Å². The summed E-state index contributed by atoms with van der Waals surface area (Å²) in [6.07, 6.45) is 3.09. The van der Waals surface area contributed by atoms with E-state index in [0.29, 0.717) is 48.5 Å². The third-order valence-corrected chi connectivity index (χ3v) is 4.98. The monoisotopic (exact) mass is 417 g/mol. The minimum Gasteiger partial charge on any atom is -0.474 e. The maximum absolute atomic E-state index is 12.8. The molecule has 1 N–H and O–H groups in total. The number of benzene rings is 1. The van der Waals surface area contributed by atoms with Gasteiger partial charge in [0, 0.05) is 37.0 Å². The van der Waals surface area contributed by atoms with Gasteiger partial charge in [0.1, 0.15) is 12.3 Å². The van der Waals surface area contributed by atoms with Crippen LogP contribution in [0.5, 0.6) is 5.88 Å². The highest BCUT2D eigenvalue weighted by Gasteiger charge is 2.29. The third-order valence-electron chi connectivity index (χ3n) is 4.73. The molecule has 0 radical (unpaired) electrons. The van der Waals surface area contributed by atoms with E-state index in [2.05, 4.69) is 10.3 Å². The molecule has 29 heavy (non-hydrogen) atoms. The Morgan fingerprint density at radius 2 is 2.03 bits per heavy atom. The van der Waals surface area contributed by atoms with E-state index in [4.69, 9.17) is 21.1 Å². The molecule has 1 aromatic heterocycles. The number of hydrogen-bond donors (Lipinski definition) is 1. The van der Waals surface area contributed by atoms with Crippen LogP contribution in [0.15, 0.2) is 42.6 Å². The number of halogens is 1. The van der Waals surface area contributed by atoms with Crippen LogP contribution in [0.2, 0.25) is 5.02 Å². The number of aromatic nitrogens is 1. The molecule has 0 spiro atoms. The van der Waals surface area contributed by atoms with Gasteiger partial charge in [-0.2, -0.15) is 0 Å². The number of hydrogen-bond acceptors (Lipinski definition) is 5. The van der Waals surface area contributed by atoms with Gasteiger partial charge in [-0.25, -0.2) is 4.98 Å². The molecule has 1 aromatic carbocycles. The molecule has 2 aromatic rings. The van der Waals surface area contributed by atoms with E-state index in [1.165, 1.54) is 0 Å². The predicted octanol–water partition coefficient (Wildman–Crippen LogP) is 3.25. The highest BCUT2D eigenvalue weighted by molar-refractivity contribution is 6.30. The quantitative estimate of drug-likeness (QED) is 0.699. The molecule has 7 nitrogen and oxygen atoms in total. The largest absolute Gasteiger partial charge is 0.474 e. The van der Waals surface area contributed by atoms with Gasteiger partial charge < -0.3 is 19.7 Å². The van der Waals surface area contributed by atoms with Crippen LogP contribution in [-0.4, -0.2) is 55.1 Å². The molecule has 2 amide bonds. The first kappa shape index (κ1) is 21.1. The number of nitrogens with zero attached hydrogens (tertiary/aromatic N) is 2. The van der Waals surface area contributed by atoms with Crippen LogP contribution in [0.1, 0.15) is 23.2 Å². The number of piperidine rings is 1. The molecule has 0 bridgehead atoms. The Bertz CT molecular complexity index is 844. The average molecular weight is 418 g/mol. The number of ether oxygens (including phenoxy) is 2. The lowest BCUT2D eigenvalue weighted by atomic mass is 9.96. The lowest BCUT2D eigenvalue weighted by Crippen LogP contribution is -2.43. The highest BCUT2D eigenvalue weighted by Crippen LogP contribution is 2.24. The number of anilines is 1. The summed E-state index contributed by atoms with van der Waals surface area (Å²) in [6.45, 7) is 1.76. The van der Waals surface area contributed by atoms with E-state index >= 15 is 0 Å². The Balaban J connectivity index is 1.63. The number of carbonyl (C=O) groups excluding carboxylic acids is 2. The first-order chi connectivity index (χ1) is 14.1. The normalized spacial score (nSPS) is 16.3. The van der Waals surface area contributed by atoms with Gasteiger partial charge >= 0.3 is 0 Å². The Kier molecular flexibility index (Phi) is 7.43. The molecule has 3 rings (SSSR count). The van der Waals surface area contributed by atoms with Crippen molar-refractivity contribution in [2.75, 3.05) is 38.7 Å². The number of nitrogens with one attached hydrogen (secondary N) is 1. The maximum Gasteiger partial charge on any atom is 0.253 e. The second kappa shape index (κ2) is 10.2. The standard InChI is InChI=1S/C21H24ClN3O4/c1-28-12-13-29-20-18(5-2-10-23-20)24-19(26)16-4-3-11-25(14-16)21(27)15-6-8-17(22)9-7-15/h2,5-10,16H,3-4,11-14H2,1H3,(H,24,26). The van der Waals surface area contributed by atoms with Gasteiger partial charge in [0.15, 0.2) is 0 Å². The van der Waals surface area contributed by atoms with Gasteiger partial charge in [-0.3, -0.25) is 9.59 Å². The molecule has 2 heterocycles. The van der Waals surface area contributed by atoms with Crippen molar-refractivity contribution in [1.29, 1.82) is 0 Å². The van der Waals surface area contributed by atoms with Crippen molar-refractivity contribution in [1.82, 2.24) is 9.88 Å². The first-order valence-corrected chi connectivity index (χ1v) is 9.88. The summed E-state index contributed by atoms with van der Waals surface area (Å²) < 4.78 is 10.5. The number of amides is 2. The van der Waals surface area contributed by atoms with Crippen LogP contribution in [0.3, 0.4) is 0 Å². The predicted molar refractivity (Wildman–Crippen MR) is 110 cm³/mol. The number of carbonyl (C=O) groups is 2. The molecule has 1 fully saturated rings. The molecule has 1 aliphatic heterocycles. The Hall–Kier alpha value is -2.64. The van der Waals surface area contributed by atoms with E-state index in [0.717, 1.165) is 12.8 Å². The zero-order chi connectivity index (χ0) is 20.6. The second-order valence-electron chi connectivity index (χ2n) is 6.78. The van der Waals surface area contributed by atoms with Crippen molar-refractivity contribution < 1.29 is 19.1 Å². The molecule has 154 valence electrons. The molecule has 8 heteroatoms. The van der Waals surface area contributed by atoms with Gasteiger partial charge in [0.25, 0.3) is 5.91 Å². The van der Waals surface area contributed by atoms with Crippen molar-refractivity contribution in [3.8, 4) is 5.88 Å². The number of likely N-dealkylation sites (tertiary alicyclic amines) is 1. The fourth-order valence-corrected chi connectivity index (χ4v) is 3.33. The Morgan fingerprint density at radius 1 is 1.24 bits per heavy atom. The van der Waals surface area contributed by atoms with E-state index in [-0.39, 0.29) is 17.7 Å². The fourth-order valence-electron chi connectivity index (χ4n) is 3.21. The molecule has 0 aliphatic carbocycles. The molecule has 1 unspecified atom stereocenters. The molecular formula is C21H24ClN3O4. The minimum atomic E-state index is -0.299. The third kappa shape index (κ3) is 5.68. The number of pyridine rings is 1. The highest BCUT2D eigenvalue weighted by atomic mass is 35.5. The topological polar surface area (TPSA) is 80.8 Å². The summed E-state index contributed by atoms with van der Waals surface area (Å²) in [5.41, 5.74) is 1.08. The van der Waals surface area contributed by atoms with Gasteiger partial charge in [-0.15, -0.1) is 0 Å². The number of rotatable bonds is 7. The summed E-state index contributed by atoms with van der Waals surface area (Å²) >= 11 is 5.90. The van der Waals surface area contributed by atoms with E-state index in [9.17, 15) is 9.59 Å². The van der Waals surface area contributed by atoms with Crippen molar-refractivity contribution in [2.24, 2.45) is 5.92 Å². The molecule has 1 saturated heterocycles. The summed E-state index contributed by atoms with van der Waals surface area (Å²) in [6, 6.07) is 10.3. The van der Waals surface area contributed by atoms with E-state index in [1.807, 2.05) is 0 Å². The van der Waals surface area contributed by atoms with Crippen LogP contribution in [0.25, 0.3) is 0 Å². The Morgan fingerprint density at radius 3 is 2.79 bits per heavy atom. The van der Waals surface area contributed by atoms with Crippen LogP contribution in [0, 0.1) is 5.92 Å². The van der Waals surface area contributed by atoms with Crippen molar-refractivity contribution in [3.63, 3.8) is 0 Å². The summed E-state index contributed by atoms with van der Waals surface area (Å²) in [5.74, 6) is -0.192. The summed E-state index contributed by atoms with van der Waals surface area (Å²) in [4.78, 5) is 31.5. The van der Waals surface area contributed by atoms with Crippen molar-refractivity contribution >= 4 is 29.1 Å². The van der Waals surface area contributed by atoms with Crippen LogP contribution in [0.4, 0.5) is 5.69 Å². The zero-order valence-electron chi connectivity index (χ0n) is 16.3. The Labute approximate surface area is 175 Å². The lowest BCUT2D eigenvalue weighted by Gasteiger charge is -2.32. The first-order valence-electron chi connectivity index (χ1n) is 9.51. The fraction of sp³-hybridized carbons (Fsp3) is 0.381. The zero-order valence-corrected chi connectivity index (χ0v) is 17.0. The molecular weight excluding hydrogens is 394 g/mol. The van der Waals surface area contributed by atoms with E-state index in [1.54, 1.807) is 54.6 Å². The SMILES string of the molecule is COCCOc1ncccc1NC(=O)C1CCCN(C(=O)c2ccc(Cl)cc2)C1. The van der Waals surface area contributed by atoms with Gasteiger partial charge in [-0.1, -0.05) is 11.6 Å². The van der Waals surface area contributed by atoms with Crippen LogP contribution >= 0.6 is 11.6 Å². The molecule has 0 saturated carbocycles. The van der Waals surface area contributed by atoms with Gasteiger partial charge in [-0.05, 0) is 49.2 Å². The maximum atomic E-state index is 12.8. The summed E-state index contributed by atoms with van der Waals surface area (Å²) in [5, 5.41) is 3.47. The second-order valence-corrected chi connectivity index (χ2v) is 7.22.